The summed E-state index contributed by atoms with van der Waals surface area (Å²) in [6.45, 7) is 6.22. The number of hydrogen-bond donors (Lipinski definition) is 2. The van der Waals surface area contributed by atoms with Gasteiger partial charge in [0.05, 0.1) is 5.56 Å². The molecule has 4 nitrogen and oxygen atoms in total. The van der Waals surface area contributed by atoms with Crippen molar-refractivity contribution in [2.45, 2.75) is 32.7 Å². The Morgan fingerprint density at radius 2 is 2.26 bits per heavy atom. The minimum absolute atomic E-state index is 0.414. The third-order valence-electron chi connectivity index (χ3n) is 3.56. The van der Waals surface area contributed by atoms with Gasteiger partial charge in [-0.3, -0.25) is 0 Å². The molecule has 1 aliphatic heterocycles. The lowest BCUT2D eigenvalue weighted by Crippen LogP contribution is -2.40. The molecule has 1 aromatic heterocycles. The molecule has 0 bridgehead atoms. The summed E-state index contributed by atoms with van der Waals surface area (Å²) in [4.78, 5) is 7.33. The van der Waals surface area contributed by atoms with Gasteiger partial charge in [0, 0.05) is 18.3 Å². The molecular weight excluding hydrogens is 256 g/mol. The van der Waals surface area contributed by atoms with Crippen molar-refractivity contribution in [1.82, 2.24) is 9.88 Å². The quantitative estimate of drug-likeness (QED) is 0.826. The summed E-state index contributed by atoms with van der Waals surface area (Å²) in [7, 11) is 2.15. The Balaban J connectivity index is 2.25. The number of thiocarbonyl (C=S) groups is 1. The predicted molar refractivity (Wildman–Crippen MR) is 83.7 cm³/mol. The van der Waals surface area contributed by atoms with Gasteiger partial charge in [0.15, 0.2) is 0 Å². The molecule has 3 N–H and O–H groups in total. The van der Waals surface area contributed by atoms with E-state index in [1.807, 2.05) is 19.9 Å². The normalized spacial score (nSPS) is 20.3. The van der Waals surface area contributed by atoms with Crippen molar-refractivity contribution >= 4 is 23.0 Å². The van der Waals surface area contributed by atoms with E-state index in [1.165, 1.54) is 13.0 Å². The molecule has 1 aliphatic rings. The summed E-state index contributed by atoms with van der Waals surface area (Å²) in [6.07, 6.45) is 2.37. The van der Waals surface area contributed by atoms with Gasteiger partial charge in [0.1, 0.15) is 10.8 Å². The number of anilines is 1. The fourth-order valence-electron chi connectivity index (χ4n) is 2.73. The van der Waals surface area contributed by atoms with Gasteiger partial charge in [-0.25, -0.2) is 4.98 Å². The zero-order valence-corrected chi connectivity index (χ0v) is 12.7. The minimum Gasteiger partial charge on any atom is -0.389 e. The number of likely N-dealkylation sites (N-methyl/N-ethyl adjacent to an activating group) is 1. The van der Waals surface area contributed by atoms with E-state index in [2.05, 4.69) is 22.2 Å². The summed E-state index contributed by atoms with van der Waals surface area (Å²) in [5.41, 5.74) is 8.80. The van der Waals surface area contributed by atoms with Crippen LogP contribution in [0.4, 0.5) is 5.82 Å². The molecule has 0 radical (unpaired) electrons. The average molecular weight is 278 g/mol. The number of pyridine rings is 1. The van der Waals surface area contributed by atoms with Crippen LogP contribution >= 0.6 is 12.2 Å². The molecule has 0 aliphatic carbocycles. The number of rotatable bonds is 3. The largest absolute Gasteiger partial charge is 0.389 e. The SMILES string of the molecule is Cc1cc(C)c(C(N)=S)c(NC2CCCN(C)C2)n1. The van der Waals surface area contributed by atoms with Crippen LogP contribution < -0.4 is 11.1 Å². The number of nitrogens with two attached hydrogens (primary N) is 1. The Morgan fingerprint density at radius 3 is 2.89 bits per heavy atom. The van der Waals surface area contributed by atoms with Gasteiger partial charge in [0.25, 0.3) is 0 Å². The zero-order chi connectivity index (χ0) is 14.0. The molecule has 0 aromatic carbocycles. The first-order chi connectivity index (χ1) is 8.97. The van der Waals surface area contributed by atoms with E-state index in [4.69, 9.17) is 18.0 Å². The molecule has 1 aromatic rings. The van der Waals surface area contributed by atoms with Gasteiger partial charge in [-0.05, 0) is 51.9 Å². The third-order valence-corrected chi connectivity index (χ3v) is 3.76. The van der Waals surface area contributed by atoms with E-state index in [9.17, 15) is 0 Å². The first kappa shape index (κ1) is 14.2. The zero-order valence-electron chi connectivity index (χ0n) is 11.9. The molecule has 5 heteroatoms. The topological polar surface area (TPSA) is 54.2 Å². The van der Waals surface area contributed by atoms with E-state index in [-0.39, 0.29) is 0 Å². The van der Waals surface area contributed by atoms with E-state index >= 15 is 0 Å². The monoisotopic (exact) mass is 278 g/mol. The van der Waals surface area contributed by atoms with Gasteiger partial charge in [0.2, 0.25) is 0 Å². The lowest BCUT2D eigenvalue weighted by molar-refractivity contribution is 0.260. The van der Waals surface area contributed by atoms with Gasteiger partial charge >= 0.3 is 0 Å². The van der Waals surface area contributed by atoms with Crippen molar-refractivity contribution in [3.63, 3.8) is 0 Å². The third kappa shape index (κ3) is 3.42. The van der Waals surface area contributed by atoms with Crippen LogP contribution in [0.1, 0.15) is 29.7 Å². The Kier molecular flexibility index (Phi) is 4.37. The molecular formula is C14H22N4S. The van der Waals surface area contributed by atoms with E-state index in [0.29, 0.717) is 11.0 Å². The Bertz CT molecular complexity index is 487. The van der Waals surface area contributed by atoms with Crippen LogP contribution in [0.3, 0.4) is 0 Å². The van der Waals surface area contributed by atoms with Crippen molar-refractivity contribution in [2.75, 3.05) is 25.5 Å². The second-order valence-corrected chi connectivity index (χ2v) is 5.85. The van der Waals surface area contributed by atoms with E-state index in [0.717, 1.165) is 35.6 Å². The van der Waals surface area contributed by atoms with Crippen molar-refractivity contribution < 1.29 is 0 Å². The molecule has 2 heterocycles. The highest BCUT2D eigenvalue weighted by molar-refractivity contribution is 7.80. The maximum Gasteiger partial charge on any atom is 0.137 e. The summed E-state index contributed by atoms with van der Waals surface area (Å²) in [6, 6.07) is 2.44. The van der Waals surface area contributed by atoms with Crippen LogP contribution in [0.25, 0.3) is 0 Å². The Labute approximate surface area is 120 Å². The fraction of sp³-hybridized carbons (Fsp3) is 0.571. The molecule has 1 saturated heterocycles. The van der Waals surface area contributed by atoms with Gasteiger partial charge in [-0.15, -0.1) is 0 Å². The van der Waals surface area contributed by atoms with Crippen LogP contribution in [-0.4, -0.2) is 41.1 Å². The Morgan fingerprint density at radius 1 is 1.53 bits per heavy atom. The second kappa shape index (κ2) is 5.84. The van der Waals surface area contributed by atoms with Crippen molar-refractivity contribution in [1.29, 1.82) is 0 Å². The molecule has 0 spiro atoms. The lowest BCUT2D eigenvalue weighted by atomic mass is 10.0. The van der Waals surface area contributed by atoms with Crippen LogP contribution in [0.5, 0.6) is 0 Å². The first-order valence-corrected chi connectivity index (χ1v) is 7.11. The summed E-state index contributed by atoms with van der Waals surface area (Å²) < 4.78 is 0. The highest BCUT2D eigenvalue weighted by Crippen LogP contribution is 2.21. The Hall–Kier alpha value is -1.20. The van der Waals surface area contributed by atoms with Crippen molar-refractivity contribution in [3.8, 4) is 0 Å². The summed E-state index contributed by atoms with van der Waals surface area (Å²) >= 11 is 5.16. The molecule has 104 valence electrons. The number of nitrogens with one attached hydrogen (secondary N) is 1. The van der Waals surface area contributed by atoms with Crippen LogP contribution in [0.15, 0.2) is 6.07 Å². The van der Waals surface area contributed by atoms with Crippen LogP contribution in [0, 0.1) is 13.8 Å². The van der Waals surface area contributed by atoms with Gasteiger partial charge in [-0.1, -0.05) is 12.2 Å². The van der Waals surface area contributed by atoms with Crippen LogP contribution in [0.2, 0.25) is 0 Å². The summed E-state index contributed by atoms with van der Waals surface area (Å²) in [5.74, 6) is 0.838. The van der Waals surface area contributed by atoms with Crippen molar-refractivity contribution in [2.24, 2.45) is 5.73 Å². The minimum atomic E-state index is 0.414. The molecule has 0 amide bonds. The highest BCUT2D eigenvalue weighted by Gasteiger charge is 2.20. The molecule has 1 unspecified atom stereocenters. The van der Waals surface area contributed by atoms with Crippen molar-refractivity contribution in [3.05, 3.63) is 22.9 Å². The number of hydrogen-bond acceptors (Lipinski definition) is 4. The molecule has 1 atom stereocenters. The van der Waals surface area contributed by atoms with Gasteiger partial charge < -0.3 is 16.0 Å². The number of likely N-dealkylation sites (tertiary alicyclic amines) is 1. The standard InChI is InChI=1S/C14H22N4S/c1-9-7-10(2)16-14(12(9)13(15)19)17-11-5-4-6-18(3)8-11/h7,11H,4-6,8H2,1-3H3,(H2,15,19)(H,16,17). The average Bonchev–Trinajstić information content (AvgIpc) is 2.26. The maximum atomic E-state index is 5.84. The van der Waals surface area contributed by atoms with E-state index in [1.54, 1.807) is 0 Å². The number of piperidine rings is 1. The molecule has 0 saturated carbocycles. The smallest absolute Gasteiger partial charge is 0.137 e. The second-order valence-electron chi connectivity index (χ2n) is 5.41. The van der Waals surface area contributed by atoms with E-state index < -0.39 is 0 Å². The lowest BCUT2D eigenvalue weighted by Gasteiger charge is -2.31. The van der Waals surface area contributed by atoms with Crippen LogP contribution in [-0.2, 0) is 0 Å². The molecule has 19 heavy (non-hydrogen) atoms. The number of aromatic nitrogens is 1. The fourth-order valence-corrected chi connectivity index (χ4v) is 2.99. The first-order valence-electron chi connectivity index (χ1n) is 6.70. The summed E-state index contributed by atoms with van der Waals surface area (Å²) in [5, 5.41) is 3.52. The highest BCUT2D eigenvalue weighted by atomic mass is 32.1. The molecule has 1 fully saturated rings. The molecule has 2 rings (SSSR count). The predicted octanol–water partition coefficient (Wildman–Crippen LogP) is 1.84. The maximum absolute atomic E-state index is 5.84. The number of nitrogens with zero attached hydrogens (tertiary/aromatic N) is 2. The van der Waals surface area contributed by atoms with Gasteiger partial charge in [-0.2, -0.15) is 0 Å². The number of aryl methyl sites for hydroxylation is 2.